The molecule has 0 saturated carbocycles. The molecule has 0 aromatic heterocycles. The molecule has 14 heavy (non-hydrogen) atoms. The van der Waals surface area contributed by atoms with Gasteiger partial charge in [-0.2, -0.15) is 5.26 Å². The van der Waals surface area contributed by atoms with E-state index in [4.69, 9.17) is 10.4 Å². The molecule has 1 rings (SSSR count). The second-order valence-electron chi connectivity index (χ2n) is 2.72. The number of carbonyl (C=O) groups excluding carboxylic acids is 1. The van der Waals surface area contributed by atoms with Gasteiger partial charge in [0.05, 0.1) is 18.2 Å². The van der Waals surface area contributed by atoms with Crippen LogP contribution in [0.4, 0.5) is 0 Å². The third kappa shape index (κ3) is 1.90. The Morgan fingerprint density at radius 3 is 2.86 bits per heavy atom. The molecule has 0 fully saturated rings. The van der Waals surface area contributed by atoms with Crippen LogP contribution >= 0.6 is 0 Å². The van der Waals surface area contributed by atoms with Gasteiger partial charge in [-0.05, 0) is 23.8 Å². The maximum absolute atomic E-state index is 11.3. The fourth-order valence-corrected chi connectivity index (χ4v) is 1.15. The van der Waals surface area contributed by atoms with Crippen molar-refractivity contribution in [2.24, 2.45) is 0 Å². The van der Waals surface area contributed by atoms with Crippen molar-refractivity contribution in [3.63, 3.8) is 0 Å². The normalized spacial score (nSPS) is 9.21. The second-order valence-corrected chi connectivity index (χ2v) is 2.72. The summed E-state index contributed by atoms with van der Waals surface area (Å²) in [4.78, 5) is 11.3. The molecule has 0 atom stereocenters. The molecule has 4 heteroatoms. The van der Waals surface area contributed by atoms with Crippen LogP contribution in [0.1, 0.15) is 21.5 Å². The lowest BCUT2D eigenvalue weighted by Crippen LogP contribution is -2.19. The zero-order chi connectivity index (χ0) is 10.6. The van der Waals surface area contributed by atoms with E-state index < -0.39 is 0 Å². The molecular weight excluding hydrogens is 180 g/mol. The van der Waals surface area contributed by atoms with E-state index >= 15 is 0 Å². The molecule has 0 aliphatic heterocycles. The number of nitriles is 1. The highest BCUT2D eigenvalue weighted by Gasteiger charge is 2.09. The number of aliphatic hydroxyl groups is 1. The molecule has 0 aliphatic rings. The number of aliphatic hydroxyl groups excluding tert-OH is 1. The van der Waals surface area contributed by atoms with Crippen LogP contribution in [0.5, 0.6) is 0 Å². The van der Waals surface area contributed by atoms with E-state index in [0.29, 0.717) is 16.7 Å². The minimum atomic E-state index is -0.265. The number of nitrogens with one attached hydrogen (secondary N) is 1. The topological polar surface area (TPSA) is 73.1 Å². The summed E-state index contributed by atoms with van der Waals surface area (Å²) in [6, 6.07) is 6.52. The van der Waals surface area contributed by atoms with Gasteiger partial charge in [-0.25, -0.2) is 0 Å². The smallest absolute Gasteiger partial charge is 0.251 e. The van der Waals surface area contributed by atoms with Crippen molar-refractivity contribution in [2.75, 3.05) is 7.05 Å². The van der Waals surface area contributed by atoms with E-state index in [0.717, 1.165) is 0 Å². The Morgan fingerprint density at radius 1 is 1.64 bits per heavy atom. The van der Waals surface area contributed by atoms with Gasteiger partial charge in [-0.1, -0.05) is 0 Å². The number of benzene rings is 1. The number of amides is 1. The van der Waals surface area contributed by atoms with Crippen molar-refractivity contribution in [1.82, 2.24) is 5.32 Å². The van der Waals surface area contributed by atoms with E-state index in [-0.39, 0.29) is 12.5 Å². The highest BCUT2D eigenvalue weighted by atomic mass is 16.3. The van der Waals surface area contributed by atoms with Crippen molar-refractivity contribution in [1.29, 1.82) is 5.26 Å². The van der Waals surface area contributed by atoms with Crippen LogP contribution in [-0.2, 0) is 6.61 Å². The summed E-state index contributed by atoms with van der Waals surface area (Å²) in [6.45, 7) is -0.252. The number of carbonyl (C=O) groups is 1. The average Bonchev–Trinajstić information content (AvgIpc) is 2.27. The molecule has 0 spiro atoms. The van der Waals surface area contributed by atoms with Crippen LogP contribution < -0.4 is 5.32 Å². The van der Waals surface area contributed by atoms with Crippen LogP contribution in [0.3, 0.4) is 0 Å². The minimum absolute atomic E-state index is 0.252. The predicted octanol–water partition coefficient (Wildman–Crippen LogP) is 0.410. The Balaban J connectivity index is 3.19. The summed E-state index contributed by atoms with van der Waals surface area (Å²) in [5.41, 5.74) is 1.29. The first kappa shape index (κ1) is 10.2. The highest BCUT2D eigenvalue weighted by Crippen LogP contribution is 2.11. The number of rotatable bonds is 2. The third-order valence-corrected chi connectivity index (χ3v) is 1.88. The Morgan fingerprint density at radius 2 is 2.36 bits per heavy atom. The molecule has 0 unspecified atom stereocenters. The molecule has 0 aliphatic carbocycles. The van der Waals surface area contributed by atoms with Crippen LogP contribution in [-0.4, -0.2) is 18.1 Å². The molecule has 0 saturated heterocycles. The van der Waals surface area contributed by atoms with Crippen LogP contribution in [0.2, 0.25) is 0 Å². The van der Waals surface area contributed by atoms with Gasteiger partial charge in [0, 0.05) is 12.6 Å². The van der Waals surface area contributed by atoms with E-state index in [2.05, 4.69) is 5.32 Å². The minimum Gasteiger partial charge on any atom is -0.392 e. The molecule has 1 amide bonds. The van der Waals surface area contributed by atoms with E-state index in [1.165, 1.54) is 19.2 Å². The summed E-state index contributed by atoms with van der Waals surface area (Å²) in [7, 11) is 1.52. The van der Waals surface area contributed by atoms with E-state index in [1.807, 2.05) is 6.07 Å². The zero-order valence-corrected chi connectivity index (χ0v) is 7.74. The fourth-order valence-electron chi connectivity index (χ4n) is 1.15. The summed E-state index contributed by atoms with van der Waals surface area (Å²) in [5.74, 6) is -0.265. The third-order valence-electron chi connectivity index (χ3n) is 1.88. The Kier molecular flexibility index (Phi) is 3.21. The van der Waals surface area contributed by atoms with Gasteiger partial charge in [0.2, 0.25) is 0 Å². The Bertz CT molecular complexity index is 394. The molecule has 1 aromatic carbocycles. The summed E-state index contributed by atoms with van der Waals surface area (Å²) in [5, 5.41) is 20.1. The summed E-state index contributed by atoms with van der Waals surface area (Å²) in [6.07, 6.45) is 0. The molecule has 0 radical (unpaired) electrons. The number of nitrogens with zero attached hydrogens (tertiary/aromatic N) is 1. The van der Waals surface area contributed by atoms with Crippen molar-refractivity contribution in [2.45, 2.75) is 6.61 Å². The van der Waals surface area contributed by atoms with Crippen molar-refractivity contribution in [3.05, 3.63) is 34.9 Å². The van der Waals surface area contributed by atoms with Gasteiger partial charge in [-0.3, -0.25) is 4.79 Å². The van der Waals surface area contributed by atoms with Crippen molar-refractivity contribution < 1.29 is 9.90 Å². The first-order valence-corrected chi connectivity index (χ1v) is 4.09. The number of hydrogen-bond donors (Lipinski definition) is 2. The Labute approximate surface area is 81.8 Å². The molecule has 4 nitrogen and oxygen atoms in total. The van der Waals surface area contributed by atoms with Crippen molar-refractivity contribution in [3.8, 4) is 6.07 Å². The quantitative estimate of drug-likeness (QED) is 0.709. The maximum Gasteiger partial charge on any atom is 0.251 e. The SMILES string of the molecule is CNC(=O)c1ccc(C#N)cc1CO. The average molecular weight is 190 g/mol. The maximum atomic E-state index is 11.3. The van der Waals surface area contributed by atoms with Gasteiger partial charge in [0.1, 0.15) is 0 Å². The highest BCUT2D eigenvalue weighted by molar-refractivity contribution is 5.95. The van der Waals surface area contributed by atoms with Gasteiger partial charge < -0.3 is 10.4 Å². The summed E-state index contributed by atoms with van der Waals surface area (Å²) >= 11 is 0. The molecule has 1 aromatic rings. The van der Waals surface area contributed by atoms with Crippen LogP contribution in [0.25, 0.3) is 0 Å². The lowest BCUT2D eigenvalue weighted by Gasteiger charge is -2.05. The first-order chi connectivity index (χ1) is 6.72. The van der Waals surface area contributed by atoms with E-state index in [9.17, 15) is 4.79 Å². The zero-order valence-electron chi connectivity index (χ0n) is 7.74. The van der Waals surface area contributed by atoms with Crippen LogP contribution in [0.15, 0.2) is 18.2 Å². The number of hydrogen-bond acceptors (Lipinski definition) is 3. The molecule has 72 valence electrons. The molecule has 0 bridgehead atoms. The van der Waals surface area contributed by atoms with Gasteiger partial charge in [-0.15, -0.1) is 0 Å². The molecule has 0 heterocycles. The molecule has 2 N–H and O–H groups in total. The Hall–Kier alpha value is -1.86. The van der Waals surface area contributed by atoms with E-state index in [1.54, 1.807) is 6.07 Å². The van der Waals surface area contributed by atoms with Gasteiger partial charge >= 0.3 is 0 Å². The van der Waals surface area contributed by atoms with Gasteiger partial charge in [0.15, 0.2) is 0 Å². The first-order valence-electron chi connectivity index (χ1n) is 4.09. The standard InChI is InChI=1S/C10H10N2O2/c1-12-10(14)9-3-2-7(5-11)4-8(9)6-13/h2-4,13H,6H2,1H3,(H,12,14). The monoisotopic (exact) mass is 190 g/mol. The lowest BCUT2D eigenvalue weighted by atomic mass is 10.0. The largest absolute Gasteiger partial charge is 0.392 e. The second kappa shape index (κ2) is 4.40. The lowest BCUT2D eigenvalue weighted by molar-refractivity contribution is 0.0960. The predicted molar refractivity (Wildman–Crippen MR) is 50.5 cm³/mol. The summed E-state index contributed by atoms with van der Waals surface area (Å²) < 4.78 is 0. The van der Waals surface area contributed by atoms with Crippen LogP contribution in [0, 0.1) is 11.3 Å². The van der Waals surface area contributed by atoms with Gasteiger partial charge in [0.25, 0.3) is 5.91 Å². The van der Waals surface area contributed by atoms with Crippen molar-refractivity contribution >= 4 is 5.91 Å². The molecular formula is C10H10N2O2. The fraction of sp³-hybridized carbons (Fsp3) is 0.200.